The Kier molecular flexibility index (Phi) is 6.01. The highest BCUT2D eigenvalue weighted by Crippen LogP contribution is 2.39. The molecule has 1 aliphatic carbocycles. The first kappa shape index (κ1) is 21.7. The van der Waals surface area contributed by atoms with Crippen molar-refractivity contribution in [3.63, 3.8) is 0 Å². The van der Waals surface area contributed by atoms with Crippen LogP contribution in [0.4, 0.5) is 0 Å². The SMILES string of the molecule is Cc1ccc2nc(SC3=C(O)C(=O)OC3C(=O)OC3CC(C)CCC3C(C)C)[nH]c2c1. The third-order valence-electron chi connectivity index (χ3n) is 6.15. The summed E-state index contributed by atoms with van der Waals surface area (Å²) in [7, 11) is 0. The lowest BCUT2D eigenvalue weighted by Gasteiger charge is -2.37. The minimum absolute atomic E-state index is 0.107. The number of nitrogens with one attached hydrogen (secondary N) is 1. The number of hydrogen-bond acceptors (Lipinski definition) is 7. The summed E-state index contributed by atoms with van der Waals surface area (Å²) in [5.74, 6) is -1.01. The van der Waals surface area contributed by atoms with Crippen LogP contribution in [0.1, 0.15) is 45.6 Å². The van der Waals surface area contributed by atoms with Gasteiger partial charge in [0.2, 0.25) is 11.9 Å². The van der Waals surface area contributed by atoms with Gasteiger partial charge in [-0.15, -0.1) is 0 Å². The van der Waals surface area contributed by atoms with Crippen molar-refractivity contribution >= 4 is 34.7 Å². The Hall–Kier alpha value is -2.48. The predicted octanol–water partition coefficient (Wildman–Crippen LogP) is 4.66. The van der Waals surface area contributed by atoms with E-state index < -0.39 is 23.8 Å². The quantitative estimate of drug-likeness (QED) is 0.647. The summed E-state index contributed by atoms with van der Waals surface area (Å²) in [5.41, 5.74) is 2.67. The Morgan fingerprint density at radius 2 is 2.13 bits per heavy atom. The third kappa shape index (κ3) is 4.44. The first-order chi connectivity index (χ1) is 14.7. The van der Waals surface area contributed by atoms with E-state index in [0.717, 1.165) is 47.6 Å². The van der Waals surface area contributed by atoms with Gasteiger partial charge in [0.25, 0.3) is 0 Å². The number of aliphatic hydroxyl groups excluding tert-OH is 1. The van der Waals surface area contributed by atoms with Crippen LogP contribution in [0.15, 0.2) is 34.0 Å². The largest absolute Gasteiger partial charge is 0.501 e. The van der Waals surface area contributed by atoms with Crippen LogP contribution in [0, 0.1) is 24.7 Å². The zero-order valence-electron chi connectivity index (χ0n) is 18.2. The molecule has 1 aliphatic heterocycles. The molecule has 166 valence electrons. The number of fused-ring (bicyclic) bond motifs is 1. The van der Waals surface area contributed by atoms with Gasteiger partial charge in [0.1, 0.15) is 6.10 Å². The van der Waals surface area contributed by atoms with Crippen LogP contribution in [0.3, 0.4) is 0 Å². The second kappa shape index (κ2) is 8.57. The zero-order valence-corrected chi connectivity index (χ0v) is 19.0. The van der Waals surface area contributed by atoms with E-state index >= 15 is 0 Å². The number of benzene rings is 1. The van der Waals surface area contributed by atoms with E-state index in [2.05, 4.69) is 30.7 Å². The molecule has 1 fully saturated rings. The van der Waals surface area contributed by atoms with Crippen LogP contribution in [0.2, 0.25) is 0 Å². The average molecular weight is 445 g/mol. The molecule has 2 aliphatic rings. The summed E-state index contributed by atoms with van der Waals surface area (Å²) in [6.45, 7) is 8.40. The molecular formula is C23H28N2O5S. The topological polar surface area (TPSA) is 102 Å². The minimum atomic E-state index is -1.28. The molecule has 2 aromatic rings. The van der Waals surface area contributed by atoms with Crippen molar-refractivity contribution in [3.8, 4) is 0 Å². The highest BCUT2D eigenvalue weighted by Gasteiger charge is 2.43. The molecule has 4 rings (SSSR count). The Labute approximate surface area is 185 Å². The van der Waals surface area contributed by atoms with E-state index in [1.807, 2.05) is 25.1 Å². The molecule has 31 heavy (non-hydrogen) atoms. The molecule has 0 radical (unpaired) electrons. The summed E-state index contributed by atoms with van der Waals surface area (Å²) in [6.07, 6.45) is 1.40. The minimum Gasteiger partial charge on any atom is -0.501 e. The fourth-order valence-corrected chi connectivity index (χ4v) is 5.36. The van der Waals surface area contributed by atoms with Crippen molar-refractivity contribution < 1.29 is 24.2 Å². The summed E-state index contributed by atoms with van der Waals surface area (Å²) in [6, 6.07) is 5.80. The molecule has 7 nitrogen and oxygen atoms in total. The summed E-state index contributed by atoms with van der Waals surface area (Å²) < 4.78 is 11.0. The van der Waals surface area contributed by atoms with Gasteiger partial charge in [-0.3, -0.25) is 0 Å². The van der Waals surface area contributed by atoms with Crippen LogP contribution in [-0.2, 0) is 19.1 Å². The van der Waals surface area contributed by atoms with Crippen molar-refractivity contribution in [2.24, 2.45) is 17.8 Å². The monoisotopic (exact) mass is 444 g/mol. The summed E-state index contributed by atoms with van der Waals surface area (Å²) in [4.78, 5) is 32.8. The number of nitrogens with zero attached hydrogens (tertiary/aromatic N) is 1. The van der Waals surface area contributed by atoms with Crippen molar-refractivity contribution in [2.45, 2.75) is 64.3 Å². The van der Waals surface area contributed by atoms with Crippen LogP contribution in [0.5, 0.6) is 0 Å². The number of hydrogen-bond donors (Lipinski definition) is 2. The van der Waals surface area contributed by atoms with Crippen molar-refractivity contribution in [2.75, 3.05) is 0 Å². The van der Waals surface area contributed by atoms with Gasteiger partial charge in [-0.2, -0.15) is 0 Å². The van der Waals surface area contributed by atoms with Crippen molar-refractivity contribution in [3.05, 3.63) is 34.4 Å². The molecule has 4 atom stereocenters. The van der Waals surface area contributed by atoms with Crippen LogP contribution >= 0.6 is 11.8 Å². The number of aromatic amines is 1. The maximum absolute atomic E-state index is 13.0. The number of aryl methyl sites for hydroxylation is 1. The lowest BCUT2D eigenvalue weighted by molar-refractivity contribution is -0.170. The maximum Gasteiger partial charge on any atom is 0.375 e. The number of ether oxygens (including phenoxy) is 2. The second-order valence-electron chi connectivity index (χ2n) is 8.96. The molecule has 8 heteroatoms. The van der Waals surface area contributed by atoms with E-state index in [1.54, 1.807) is 0 Å². The first-order valence-corrected chi connectivity index (χ1v) is 11.5. The molecule has 0 bridgehead atoms. The predicted molar refractivity (Wildman–Crippen MR) is 117 cm³/mol. The zero-order chi connectivity index (χ0) is 22.3. The second-order valence-corrected chi connectivity index (χ2v) is 9.99. The highest BCUT2D eigenvalue weighted by molar-refractivity contribution is 8.03. The highest BCUT2D eigenvalue weighted by atomic mass is 32.2. The smallest absolute Gasteiger partial charge is 0.375 e. The van der Waals surface area contributed by atoms with Crippen molar-refractivity contribution in [1.82, 2.24) is 9.97 Å². The van der Waals surface area contributed by atoms with Crippen LogP contribution in [-0.4, -0.2) is 39.2 Å². The van der Waals surface area contributed by atoms with Crippen molar-refractivity contribution in [1.29, 1.82) is 0 Å². The molecule has 1 aromatic heterocycles. The normalized spacial score (nSPS) is 26.5. The van der Waals surface area contributed by atoms with E-state index in [-0.39, 0.29) is 16.9 Å². The van der Waals surface area contributed by atoms with Crippen LogP contribution in [0.25, 0.3) is 11.0 Å². The average Bonchev–Trinajstić information content (AvgIpc) is 3.23. The molecule has 2 N–H and O–H groups in total. The Morgan fingerprint density at radius 3 is 2.87 bits per heavy atom. The maximum atomic E-state index is 13.0. The third-order valence-corrected chi connectivity index (χ3v) is 7.17. The molecule has 1 saturated carbocycles. The van der Waals surface area contributed by atoms with Gasteiger partial charge in [0, 0.05) is 0 Å². The lowest BCUT2D eigenvalue weighted by Crippen LogP contribution is -2.39. The van der Waals surface area contributed by atoms with Gasteiger partial charge >= 0.3 is 11.9 Å². The Morgan fingerprint density at radius 1 is 1.35 bits per heavy atom. The summed E-state index contributed by atoms with van der Waals surface area (Å²) >= 11 is 1.02. The molecule has 0 amide bonds. The van der Waals surface area contributed by atoms with Gasteiger partial charge in [0.15, 0.2) is 5.16 Å². The number of carbonyl (C=O) groups excluding carboxylic acids is 2. The standard InChI is InChI=1S/C23H28N2O5S/c1-11(2)14-7-5-13(4)10-17(14)29-22(28)19-20(18(26)21(27)30-19)31-23-24-15-8-6-12(3)9-16(15)25-23/h6,8-9,11,13-14,17,19,26H,5,7,10H2,1-4H3,(H,24,25). The van der Waals surface area contributed by atoms with E-state index in [4.69, 9.17) is 9.47 Å². The van der Waals surface area contributed by atoms with Gasteiger partial charge in [-0.1, -0.05) is 33.3 Å². The number of aliphatic hydroxyl groups is 1. The van der Waals surface area contributed by atoms with Gasteiger partial charge in [0.05, 0.1) is 15.9 Å². The number of cyclic esters (lactones) is 1. The van der Waals surface area contributed by atoms with E-state index in [9.17, 15) is 14.7 Å². The summed E-state index contributed by atoms with van der Waals surface area (Å²) in [5, 5.41) is 10.7. The van der Waals surface area contributed by atoms with E-state index in [1.165, 1.54) is 0 Å². The molecule has 1 aromatic carbocycles. The Bertz CT molecular complexity index is 1040. The number of aromatic nitrogens is 2. The molecular weight excluding hydrogens is 416 g/mol. The molecule has 2 heterocycles. The molecule has 4 unspecified atom stereocenters. The number of carbonyl (C=O) groups is 2. The van der Waals surface area contributed by atoms with E-state index in [0.29, 0.717) is 17.0 Å². The number of esters is 2. The lowest BCUT2D eigenvalue weighted by atomic mass is 9.75. The molecule has 0 spiro atoms. The number of imidazole rings is 1. The van der Waals surface area contributed by atoms with Gasteiger partial charge in [-0.05, 0) is 67.0 Å². The van der Waals surface area contributed by atoms with Crippen LogP contribution < -0.4 is 0 Å². The number of H-pyrrole nitrogens is 1. The number of thioether (sulfide) groups is 1. The fraction of sp³-hybridized carbons (Fsp3) is 0.522. The molecule has 0 saturated heterocycles. The first-order valence-electron chi connectivity index (χ1n) is 10.7. The number of rotatable bonds is 5. The van der Waals surface area contributed by atoms with Gasteiger partial charge < -0.3 is 19.6 Å². The van der Waals surface area contributed by atoms with Gasteiger partial charge in [-0.25, -0.2) is 14.6 Å². The fourth-order valence-electron chi connectivity index (χ4n) is 4.41. The Balaban J connectivity index is 1.54.